The van der Waals surface area contributed by atoms with Gasteiger partial charge in [-0.15, -0.1) is 0 Å². The van der Waals surface area contributed by atoms with Crippen molar-refractivity contribution in [1.29, 1.82) is 0 Å². The third-order valence-electron chi connectivity index (χ3n) is 4.44. The SMILES string of the molecule is CCn1cc(N2CCCNC(C)(C3CC3)C2)cn1. The summed E-state index contributed by atoms with van der Waals surface area (Å²) in [6, 6.07) is 0. The minimum absolute atomic E-state index is 0.296. The van der Waals surface area contributed by atoms with E-state index in [4.69, 9.17) is 0 Å². The van der Waals surface area contributed by atoms with Crippen LogP contribution in [0.2, 0.25) is 0 Å². The maximum Gasteiger partial charge on any atom is 0.0753 e. The van der Waals surface area contributed by atoms with E-state index < -0.39 is 0 Å². The lowest BCUT2D eigenvalue weighted by molar-refractivity contribution is 0.331. The Morgan fingerprint density at radius 2 is 2.33 bits per heavy atom. The van der Waals surface area contributed by atoms with Crippen LogP contribution in [-0.4, -0.2) is 35.0 Å². The standard InChI is InChI=1S/C14H24N4/c1-3-18-10-13(9-16-18)17-8-4-7-15-14(2,11-17)12-5-6-12/h9-10,12,15H,3-8,11H2,1-2H3. The fourth-order valence-corrected chi connectivity index (χ4v) is 3.08. The second kappa shape index (κ2) is 4.57. The Morgan fingerprint density at radius 1 is 1.50 bits per heavy atom. The molecule has 4 heteroatoms. The van der Waals surface area contributed by atoms with Crippen LogP contribution in [0.4, 0.5) is 5.69 Å². The monoisotopic (exact) mass is 248 g/mol. The van der Waals surface area contributed by atoms with E-state index in [0.717, 1.165) is 32.1 Å². The lowest BCUT2D eigenvalue weighted by Gasteiger charge is -2.34. The van der Waals surface area contributed by atoms with Gasteiger partial charge in [0.1, 0.15) is 0 Å². The summed E-state index contributed by atoms with van der Waals surface area (Å²) in [6.07, 6.45) is 8.21. The first kappa shape index (κ1) is 12.0. The van der Waals surface area contributed by atoms with Crippen molar-refractivity contribution in [3.05, 3.63) is 12.4 Å². The van der Waals surface area contributed by atoms with Gasteiger partial charge in [0.2, 0.25) is 0 Å². The quantitative estimate of drug-likeness (QED) is 0.886. The molecule has 1 saturated heterocycles. The van der Waals surface area contributed by atoms with Crippen molar-refractivity contribution in [2.75, 3.05) is 24.5 Å². The van der Waals surface area contributed by atoms with Crippen LogP contribution in [0.25, 0.3) is 0 Å². The Balaban J connectivity index is 1.77. The van der Waals surface area contributed by atoms with E-state index in [1.807, 2.05) is 10.9 Å². The number of anilines is 1. The lowest BCUT2D eigenvalue weighted by atomic mass is 9.95. The summed E-state index contributed by atoms with van der Waals surface area (Å²) in [6.45, 7) is 8.89. The average molecular weight is 248 g/mol. The summed E-state index contributed by atoms with van der Waals surface area (Å²) in [4.78, 5) is 2.51. The van der Waals surface area contributed by atoms with Gasteiger partial charge >= 0.3 is 0 Å². The highest BCUT2D eigenvalue weighted by molar-refractivity contribution is 5.43. The van der Waals surface area contributed by atoms with Gasteiger partial charge in [0, 0.05) is 31.4 Å². The lowest BCUT2D eigenvalue weighted by Crippen LogP contribution is -2.51. The molecule has 1 aromatic heterocycles. The van der Waals surface area contributed by atoms with Crippen molar-refractivity contribution >= 4 is 5.69 Å². The summed E-state index contributed by atoms with van der Waals surface area (Å²) in [5, 5.41) is 8.17. The highest BCUT2D eigenvalue weighted by Crippen LogP contribution is 2.41. The topological polar surface area (TPSA) is 33.1 Å². The smallest absolute Gasteiger partial charge is 0.0753 e. The Morgan fingerprint density at radius 3 is 3.00 bits per heavy atom. The number of hydrogen-bond acceptors (Lipinski definition) is 3. The van der Waals surface area contributed by atoms with Crippen LogP contribution >= 0.6 is 0 Å². The summed E-state index contributed by atoms with van der Waals surface area (Å²) in [5.41, 5.74) is 1.58. The molecule has 1 unspecified atom stereocenters. The molecule has 0 spiro atoms. The number of nitrogens with zero attached hydrogens (tertiary/aromatic N) is 3. The number of rotatable bonds is 3. The van der Waals surface area contributed by atoms with Gasteiger partial charge in [-0.25, -0.2) is 0 Å². The average Bonchev–Trinajstić information content (AvgIpc) is 3.14. The maximum atomic E-state index is 4.40. The molecule has 3 rings (SSSR count). The van der Waals surface area contributed by atoms with Gasteiger partial charge in [-0.2, -0.15) is 5.10 Å². The van der Waals surface area contributed by atoms with E-state index in [9.17, 15) is 0 Å². The van der Waals surface area contributed by atoms with Crippen LogP contribution in [0, 0.1) is 5.92 Å². The minimum atomic E-state index is 0.296. The first-order valence-electron chi connectivity index (χ1n) is 7.24. The molecule has 1 N–H and O–H groups in total. The third-order valence-corrected chi connectivity index (χ3v) is 4.44. The van der Waals surface area contributed by atoms with E-state index in [1.54, 1.807) is 0 Å². The van der Waals surface area contributed by atoms with Gasteiger partial charge in [-0.3, -0.25) is 4.68 Å². The molecule has 2 heterocycles. The van der Waals surface area contributed by atoms with E-state index in [2.05, 4.69) is 35.4 Å². The van der Waals surface area contributed by atoms with Crippen molar-refractivity contribution in [1.82, 2.24) is 15.1 Å². The molecule has 18 heavy (non-hydrogen) atoms. The predicted molar refractivity (Wildman–Crippen MR) is 73.9 cm³/mol. The van der Waals surface area contributed by atoms with Crippen LogP contribution in [0.1, 0.15) is 33.1 Å². The first-order chi connectivity index (χ1) is 8.71. The molecule has 2 fully saturated rings. The predicted octanol–water partition coefficient (Wildman–Crippen LogP) is 1.87. The van der Waals surface area contributed by atoms with E-state index in [1.165, 1.54) is 24.9 Å². The second-order valence-corrected chi connectivity index (χ2v) is 5.95. The molecule has 1 aliphatic heterocycles. The maximum absolute atomic E-state index is 4.40. The molecule has 0 bridgehead atoms. The van der Waals surface area contributed by atoms with Crippen molar-refractivity contribution < 1.29 is 0 Å². The van der Waals surface area contributed by atoms with Gasteiger partial charge in [0.25, 0.3) is 0 Å². The molecule has 1 aromatic rings. The summed E-state index contributed by atoms with van der Waals surface area (Å²) >= 11 is 0. The number of aromatic nitrogens is 2. The van der Waals surface area contributed by atoms with Gasteiger partial charge in [0.15, 0.2) is 0 Å². The van der Waals surface area contributed by atoms with Crippen molar-refractivity contribution in [2.24, 2.45) is 5.92 Å². The van der Waals surface area contributed by atoms with Crippen LogP contribution in [0.15, 0.2) is 12.4 Å². The van der Waals surface area contributed by atoms with Crippen LogP contribution in [0.5, 0.6) is 0 Å². The molecule has 1 saturated carbocycles. The minimum Gasteiger partial charge on any atom is -0.367 e. The zero-order valence-electron chi connectivity index (χ0n) is 11.5. The Bertz CT molecular complexity index is 410. The largest absolute Gasteiger partial charge is 0.367 e. The molecule has 2 aliphatic rings. The van der Waals surface area contributed by atoms with Crippen molar-refractivity contribution in [2.45, 2.75) is 45.2 Å². The normalized spacial score (nSPS) is 29.3. The van der Waals surface area contributed by atoms with E-state index in [0.29, 0.717) is 5.54 Å². The first-order valence-corrected chi connectivity index (χ1v) is 7.24. The molecule has 0 aromatic carbocycles. The summed E-state index contributed by atoms with van der Waals surface area (Å²) in [7, 11) is 0. The summed E-state index contributed by atoms with van der Waals surface area (Å²) < 4.78 is 2.02. The summed E-state index contributed by atoms with van der Waals surface area (Å²) in [5.74, 6) is 0.874. The third kappa shape index (κ3) is 2.26. The molecule has 100 valence electrons. The van der Waals surface area contributed by atoms with Crippen LogP contribution in [0.3, 0.4) is 0 Å². The fraction of sp³-hybridized carbons (Fsp3) is 0.786. The molecule has 4 nitrogen and oxygen atoms in total. The zero-order valence-corrected chi connectivity index (χ0v) is 11.5. The van der Waals surface area contributed by atoms with Gasteiger partial charge in [0.05, 0.1) is 11.9 Å². The Hall–Kier alpha value is -1.03. The number of nitrogens with one attached hydrogen (secondary N) is 1. The highest BCUT2D eigenvalue weighted by atomic mass is 15.3. The zero-order chi connectivity index (χ0) is 12.6. The van der Waals surface area contributed by atoms with Gasteiger partial charge in [-0.1, -0.05) is 0 Å². The van der Waals surface area contributed by atoms with E-state index in [-0.39, 0.29) is 0 Å². The molecular weight excluding hydrogens is 224 g/mol. The van der Waals surface area contributed by atoms with Crippen molar-refractivity contribution in [3.8, 4) is 0 Å². The van der Waals surface area contributed by atoms with Gasteiger partial charge in [-0.05, 0) is 45.6 Å². The number of aryl methyl sites for hydroxylation is 1. The van der Waals surface area contributed by atoms with Crippen molar-refractivity contribution in [3.63, 3.8) is 0 Å². The van der Waals surface area contributed by atoms with Crippen LogP contribution in [-0.2, 0) is 6.54 Å². The molecule has 1 aliphatic carbocycles. The molecule has 0 amide bonds. The Labute approximate surface area is 109 Å². The van der Waals surface area contributed by atoms with Gasteiger partial charge < -0.3 is 10.2 Å². The van der Waals surface area contributed by atoms with Crippen LogP contribution < -0.4 is 10.2 Å². The van der Waals surface area contributed by atoms with E-state index >= 15 is 0 Å². The fourth-order valence-electron chi connectivity index (χ4n) is 3.08. The molecular formula is C14H24N4. The highest BCUT2D eigenvalue weighted by Gasteiger charge is 2.43. The Kier molecular flexibility index (Phi) is 3.06. The molecule has 1 atom stereocenters. The molecule has 0 radical (unpaired) electrons. The number of hydrogen-bond donors (Lipinski definition) is 1. The second-order valence-electron chi connectivity index (χ2n) is 5.95.